The van der Waals surface area contributed by atoms with Gasteiger partial charge in [-0.15, -0.1) is 0 Å². The van der Waals surface area contributed by atoms with Crippen molar-refractivity contribution in [3.63, 3.8) is 0 Å². The van der Waals surface area contributed by atoms with Gasteiger partial charge in [0.05, 0.1) is 5.02 Å². The predicted molar refractivity (Wildman–Crippen MR) is 70.1 cm³/mol. The Morgan fingerprint density at radius 1 is 1.33 bits per heavy atom. The zero-order chi connectivity index (χ0) is 13.1. The minimum atomic E-state index is -0.465. The van der Waals surface area contributed by atoms with E-state index in [2.05, 4.69) is 0 Å². The van der Waals surface area contributed by atoms with Crippen molar-refractivity contribution in [1.82, 2.24) is 0 Å². The summed E-state index contributed by atoms with van der Waals surface area (Å²) in [5.74, 6) is -0.258. The third-order valence-corrected chi connectivity index (χ3v) is 4.05. The molecule has 0 radical (unpaired) electrons. The van der Waals surface area contributed by atoms with Crippen molar-refractivity contribution < 1.29 is 9.18 Å². The zero-order valence-corrected chi connectivity index (χ0v) is 10.9. The molecule has 2 N–H and O–H groups in total. The molecule has 2 rings (SSSR count). The Morgan fingerprint density at radius 2 is 2.00 bits per heavy atom. The molecule has 1 aromatic rings. The van der Waals surface area contributed by atoms with E-state index in [-0.39, 0.29) is 29.2 Å². The summed E-state index contributed by atoms with van der Waals surface area (Å²) in [6, 6.07) is 4.82. The minimum absolute atomic E-state index is 0.0594. The Balaban J connectivity index is 2.01. The van der Waals surface area contributed by atoms with Crippen LogP contribution in [0.5, 0.6) is 0 Å². The number of hydrogen-bond donors (Lipinski definition) is 1. The van der Waals surface area contributed by atoms with Crippen molar-refractivity contribution >= 4 is 17.4 Å². The number of rotatable bonds is 3. The average molecular weight is 270 g/mol. The lowest BCUT2D eigenvalue weighted by molar-refractivity contribution is -0.123. The second-order valence-corrected chi connectivity index (χ2v) is 5.35. The molecule has 0 aromatic heterocycles. The maximum absolute atomic E-state index is 13.3. The van der Waals surface area contributed by atoms with Gasteiger partial charge in [-0.2, -0.15) is 0 Å². The van der Waals surface area contributed by atoms with Crippen LogP contribution in [0, 0.1) is 11.7 Å². The summed E-state index contributed by atoms with van der Waals surface area (Å²) >= 11 is 5.85. The zero-order valence-electron chi connectivity index (χ0n) is 10.2. The standard InChI is InChI=1S/C14H17ClFNO/c15-14-10(2-1-3-12(14)16)8-13(18)9-4-6-11(17)7-5-9/h1-3,9,11H,4-8,17H2. The van der Waals surface area contributed by atoms with Crippen LogP contribution in [-0.4, -0.2) is 11.8 Å². The second kappa shape index (κ2) is 5.81. The highest BCUT2D eigenvalue weighted by atomic mass is 35.5. The Bertz CT molecular complexity index is 441. The SMILES string of the molecule is NC1CCC(C(=O)Cc2cccc(F)c2Cl)CC1. The van der Waals surface area contributed by atoms with E-state index in [1.165, 1.54) is 6.07 Å². The highest BCUT2D eigenvalue weighted by Gasteiger charge is 2.25. The van der Waals surface area contributed by atoms with Gasteiger partial charge >= 0.3 is 0 Å². The van der Waals surface area contributed by atoms with E-state index in [1.807, 2.05) is 0 Å². The molecule has 0 saturated heterocycles. The van der Waals surface area contributed by atoms with Gasteiger partial charge in [0.25, 0.3) is 0 Å². The average Bonchev–Trinajstić information content (AvgIpc) is 2.36. The lowest BCUT2D eigenvalue weighted by atomic mass is 9.82. The molecule has 2 nitrogen and oxygen atoms in total. The summed E-state index contributed by atoms with van der Waals surface area (Å²) in [6.45, 7) is 0. The Morgan fingerprint density at radius 3 is 2.67 bits per heavy atom. The maximum atomic E-state index is 13.3. The van der Waals surface area contributed by atoms with Crippen LogP contribution in [0.3, 0.4) is 0 Å². The lowest BCUT2D eigenvalue weighted by Gasteiger charge is -2.25. The van der Waals surface area contributed by atoms with Crippen LogP contribution < -0.4 is 5.73 Å². The number of ketones is 1. The maximum Gasteiger partial charge on any atom is 0.142 e. The van der Waals surface area contributed by atoms with Crippen molar-refractivity contribution in [3.05, 3.63) is 34.6 Å². The van der Waals surface area contributed by atoms with Crippen LogP contribution >= 0.6 is 11.6 Å². The Hall–Kier alpha value is -0.930. The molecule has 1 aliphatic rings. The summed E-state index contributed by atoms with van der Waals surface area (Å²) in [4.78, 5) is 12.1. The first-order chi connectivity index (χ1) is 8.58. The topological polar surface area (TPSA) is 43.1 Å². The van der Waals surface area contributed by atoms with Crippen LogP contribution in [-0.2, 0) is 11.2 Å². The third-order valence-electron chi connectivity index (χ3n) is 3.62. The van der Waals surface area contributed by atoms with E-state index in [4.69, 9.17) is 17.3 Å². The van der Waals surface area contributed by atoms with Gasteiger partial charge in [0.15, 0.2) is 0 Å². The van der Waals surface area contributed by atoms with Gasteiger partial charge in [0.1, 0.15) is 11.6 Å². The van der Waals surface area contributed by atoms with Crippen molar-refractivity contribution in [2.24, 2.45) is 11.7 Å². The first-order valence-corrected chi connectivity index (χ1v) is 6.67. The lowest BCUT2D eigenvalue weighted by Crippen LogP contribution is -2.30. The van der Waals surface area contributed by atoms with E-state index >= 15 is 0 Å². The van der Waals surface area contributed by atoms with Crippen LogP contribution in [0.4, 0.5) is 4.39 Å². The number of benzene rings is 1. The number of halogens is 2. The van der Waals surface area contributed by atoms with Crippen molar-refractivity contribution in [2.75, 3.05) is 0 Å². The van der Waals surface area contributed by atoms with Crippen molar-refractivity contribution in [2.45, 2.75) is 38.1 Å². The fraction of sp³-hybridized carbons (Fsp3) is 0.500. The number of Topliss-reactive ketones (excluding diaryl/α,β-unsaturated/α-hetero) is 1. The van der Waals surface area contributed by atoms with Crippen LogP contribution in [0.2, 0.25) is 5.02 Å². The van der Waals surface area contributed by atoms with E-state index in [9.17, 15) is 9.18 Å². The molecule has 0 atom stereocenters. The van der Waals surface area contributed by atoms with Crippen LogP contribution in [0.25, 0.3) is 0 Å². The monoisotopic (exact) mass is 269 g/mol. The summed E-state index contributed by atoms with van der Waals surface area (Å²) in [7, 11) is 0. The molecule has 1 fully saturated rings. The molecule has 0 spiro atoms. The van der Waals surface area contributed by atoms with Crippen LogP contribution in [0.1, 0.15) is 31.2 Å². The summed E-state index contributed by atoms with van der Waals surface area (Å²) in [5.41, 5.74) is 6.39. The molecule has 4 heteroatoms. The van der Waals surface area contributed by atoms with Gasteiger partial charge < -0.3 is 5.73 Å². The Kier molecular flexibility index (Phi) is 4.36. The van der Waals surface area contributed by atoms with Crippen molar-refractivity contribution in [3.8, 4) is 0 Å². The Labute approximate surface area is 111 Å². The first kappa shape index (κ1) is 13.5. The molecular formula is C14H17ClFNO. The molecule has 98 valence electrons. The predicted octanol–water partition coefficient (Wildman–Crippen LogP) is 3.11. The fourth-order valence-corrected chi connectivity index (χ4v) is 2.65. The quantitative estimate of drug-likeness (QED) is 0.916. The van der Waals surface area contributed by atoms with Crippen LogP contribution in [0.15, 0.2) is 18.2 Å². The number of hydrogen-bond acceptors (Lipinski definition) is 2. The molecule has 0 unspecified atom stereocenters. The van der Waals surface area contributed by atoms with Crippen molar-refractivity contribution in [1.29, 1.82) is 0 Å². The van der Waals surface area contributed by atoms with Gasteiger partial charge in [0.2, 0.25) is 0 Å². The number of carbonyl (C=O) groups excluding carboxylic acids is 1. The van der Waals surface area contributed by atoms with Gasteiger partial charge in [-0.05, 0) is 37.3 Å². The molecule has 0 heterocycles. The summed E-state index contributed by atoms with van der Waals surface area (Å²) < 4.78 is 13.3. The highest BCUT2D eigenvalue weighted by molar-refractivity contribution is 6.31. The second-order valence-electron chi connectivity index (χ2n) is 4.97. The van der Waals surface area contributed by atoms with Gasteiger partial charge in [0, 0.05) is 18.4 Å². The molecule has 0 aliphatic heterocycles. The third kappa shape index (κ3) is 3.09. The van der Waals surface area contributed by atoms with E-state index < -0.39 is 5.82 Å². The minimum Gasteiger partial charge on any atom is -0.328 e. The van der Waals surface area contributed by atoms with E-state index in [1.54, 1.807) is 12.1 Å². The summed E-state index contributed by atoms with van der Waals surface area (Å²) in [6.07, 6.45) is 3.69. The molecular weight excluding hydrogens is 253 g/mol. The molecule has 0 bridgehead atoms. The van der Waals surface area contributed by atoms with E-state index in [0.29, 0.717) is 5.56 Å². The fourth-order valence-electron chi connectivity index (χ4n) is 2.46. The summed E-state index contributed by atoms with van der Waals surface area (Å²) in [5, 5.41) is 0.0679. The first-order valence-electron chi connectivity index (χ1n) is 6.29. The van der Waals surface area contributed by atoms with Gasteiger partial charge in [-0.25, -0.2) is 4.39 Å². The smallest absolute Gasteiger partial charge is 0.142 e. The molecule has 18 heavy (non-hydrogen) atoms. The number of nitrogens with two attached hydrogens (primary N) is 1. The van der Waals surface area contributed by atoms with Gasteiger partial charge in [-0.3, -0.25) is 4.79 Å². The number of carbonyl (C=O) groups is 1. The largest absolute Gasteiger partial charge is 0.328 e. The molecule has 0 amide bonds. The molecule has 1 aliphatic carbocycles. The molecule has 1 aromatic carbocycles. The molecule has 1 saturated carbocycles. The van der Waals surface area contributed by atoms with E-state index in [0.717, 1.165) is 25.7 Å². The normalized spacial score (nSPS) is 23.9. The highest BCUT2D eigenvalue weighted by Crippen LogP contribution is 2.27. The van der Waals surface area contributed by atoms with Gasteiger partial charge in [-0.1, -0.05) is 23.7 Å².